The molecule has 0 saturated carbocycles. The van der Waals surface area contributed by atoms with E-state index in [1.165, 1.54) is 20.1 Å². The van der Waals surface area contributed by atoms with Gasteiger partial charge in [-0.2, -0.15) is 0 Å². The Balaban J connectivity index is 2.38. The summed E-state index contributed by atoms with van der Waals surface area (Å²) in [5.74, 6) is -2.68. The average molecular weight is 463 g/mol. The van der Waals surface area contributed by atoms with Crippen LogP contribution in [0.2, 0.25) is 0 Å². The summed E-state index contributed by atoms with van der Waals surface area (Å²) in [5.41, 5.74) is 0. The predicted octanol–water partition coefficient (Wildman–Crippen LogP) is 4.48. The molecule has 2 aromatic rings. The zero-order valence-corrected chi connectivity index (χ0v) is 17.3. The maximum Gasteiger partial charge on any atom is 0.306 e. The summed E-state index contributed by atoms with van der Waals surface area (Å²) in [6.07, 6.45) is 0.579. The van der Waals surface area contributed by atoms with Crippen LogP contribution in [0.5, 0.6) is 11.5 Å². The fourth-order valence-electron chi connectivity index (χ4n) is 2.30. The van der Waals surface area contributed by atoms with Crippen molar-refractivity contribution in [1.29, 1.82) is 0 Å². The highest BCUT2D eigenvalue weighted by Crippen LogP contribution is 2.40. The Morgan fingerprint density at radius 2 is 2.07 bits per heavy atom. The minimum absolute atomic E-state index is 0.0744. The molecule has 1 aromatic carbocycles. The van der Waals surface area contributed by atoms with Gasteiger partial charge in [-0.25, -0.2) is 4.39 Å². The Hall–Kier alpha value is -1.71. The van der Waals surface area contributed by atoms with E-state index in [9.17, 15) is 14.0 Å². The first-order valence-electron chi connectivity index (χ1n) is 8.21. The largest absolute Gasteiger partial charge is 0.489 e. The first-order valence-corrected chi connectivity index (χ1v) is 10.1. The minimum Gasteiger partial charge on any atom is -0.489 e. The van der Waals surface area contributed by atoms with E-state index in [1.54, 1.807) is 6.07 Å². The first kappa shape index (κ1) is 21.6. The van der Waals surface area contributed by atoms with Crippen molar-refractivity contribution in [2.24, 2.45) is 5.92 Å². The zero-order valence-electron chi connectivity index (χ0n) is 14.9. The van der Waals surface area contributed by atoms with Gasteiger partial charge in [0.15, 0.2) is 24.1 Å². The molecule has 1 heterocycles. The molecule has 2 rings (SSSR count). The van der Waals surface area contributed by atoms with Crippen molar-refractivity contribution in [3.63, 3.8) is 0 Å². The lowest BCUT2D eigenvalue weighted by Crippen LogP contribution is -2.13. The number of carbonyl (C=O) groups excluding carboxylic acids is 1. The number of halogens is 2. The molecule has 0 spiro atoms. The van der Waals surface area contributed by atoms with Crippen LogP contribution in [0, 0.1) is 11.7 Å². The van der Waals surface area contributed by atoms with E-state index >= 15 is 0 Å². The van der Waals surface area contributed by atoms with Crippen molar-refractivity contribution in [2.75, 3.05) is 25.8 Å². The van der Waals surface area contributed by atoms with E-state index in [1.807, 2.05) is 0 Å². The molecule has 0 aliphatic rings. The maximum absolute atomic E-state index is 15.0. The highest BCUT2D eigenvalue weighted by Gasteiger charge is 2.23. The Morgan fingerprint density at radius 3 is 2.70 bits per heavy atom. The van der Waals surface area contributed by atoms with Crippen molar-refractivity contribution >= 4 is 49.1 Å². The molecule has 0 amide bonds. The van der Waals surface area contributed by atoms with Crippen LogP contribution in [0.3, 0.4) is 0 Å². The van der Waals surface area contributed by atoms with Crippen molar-refractivity contribution in [2.45, 2.75) is 19.8 Å². The fourth-order valence-corrected chi connectivity index (χ4v) is 3.56. The lowest BCUT2D eigenvalue weighted by Gasteiger charge is -2.13. The Labute approximate surface area is 168 Å². The number of ketones is 1. The Bertz CT molecular complexity index is 822. The Morgan fingerprint density at radius 1 is 1.33 bits per heavy atom. The average Bonchev–Trinajstić information content (AvgIpc) is 3.06. The lowest BCUT2D eigenvalue weighted by atomic mass is 10.0. The van der Waals surface area contributed by atoms with Crippen LogP contribution in [-0.2, 0) is 9.53 Å². The molecule has 1 aromatic heterocycles. The quantitative estimate of drug-likeness (QED) is 0.229. The molecule has 0 aliphatic carbocycles. The topological polar surface area (TPSA) is 82.1 Å². The molecule has 27 heavy (non-hydrogen) atoms. The molecule has 0 radical (unpaired) electrons. The van der Waals surface area contributed by atoms with Gasteiger partial charge in [0.1, 0.15) is 0 Å². The minimum atomic E-state index is -1.05. The van der Waals surface area contributed by atoms with Crippen LogP contribution in [0.4, 0.5) is 4.39 Å². The molecule has 0 aliphatic heterocycles. The number of hydrogen-bond acceptors (Lipinski definition) is 6. The van der Waals surface area contributed by atoms with Crippen LogP contribution in [0.15, 0.2) is 12.1 Å². The van der Waals surface area contributed by atoms with Crippen LogP contribution in [-0.4, -0.2) is 42.7 Å². The van der Waals surface area contributed by atoms with E-state index in [-0.39, 0.29) is 35.9 Å². The molecule has 1 N–H and O–H groups in total. The summed E-state index contributed by atoms with van der Waals surface area (Å²) in [5, 5.41) is 9.93. The predicted molar refractivity (Wildman–Crippen MR) is 104 cm³/mol. The van der Waals surface area contributed by atoms with E-state index in [4.69, 9.17) is 19.3 Å². The molecule has 9 heteroatoms. The van der Waals surface area contributed by atoms with E-state index < -0.39 is 17.7 Å². The summed E-state index contributed by atoms with van der Waals surface area (Å²) < 4.78 is 31.3. The number of fused-ring (bicyclic) bond motifs is 1. The number of benzene rings is 1. The van der Waals surface area contributed by atoms with E-state index in [0.717, 1.165) is 23.1 Å². The summed E-state index contributed by atoms with van der Waals surface area (Å²) in [6.45, 7) is 1.68. The van der Waals surface area contributed by atoms with Gasteiger partial charge in [-0.3, -0.25) is 9.59 Å². The number of thiophene rings is 1. The number of carboxylic acid groups (broad SMARTS) is 1. The third-order valence-electron chi connectivity index (χ3n) is 3.73. The number of methoxy groups -OCH3 is 1. The summed E-state index contributed by atoms with van der Waals surface area (Å²) >= 11 is 4.40. The highest BCUT2D eigenvalue weighted by atomic mass is 79.9. The van der Waals surface area contributed by atoms with Crippen molar-refractivity contribution in [1.82, 2.24) is 0 Å². The van der Waals surface area contributed by atoms with Gasteiger partial charge >= 0.3 is 5.97 Å². The van der Waals surface area contributed by atoms with Crippen molar-refractivity contribution in [3.8, 4) is 11.5 Å². The second kappa shape index (κ2) is 10.0. The van der Waals surface area contributed by atoms with Crippen molar-refractivity contribution < 1.29 is 33.3 Å². The van der Waals surface area contributed by atoms with Crippen molar-refractivity contribution in [3.05, 3.63) is 22.8 Å². The Kier molecular flexibility index (Phi) is 8.00. The first-order chi connectivity index (χ1) is 12.9. The normalized spacial score (nSPS) is 12.1. The van der Waals surface area contributed by atoms with Gasteiger partial charge in [-0.15, -0.1) is 11.3 Å². The molecule has 0 bridgehead atoms. The summed E-state index contributed by atoms with van der Waals surface area (Å²) in [4.78, 5) is 23.6. The van der Waals surface area contributed by atoms with Gasteiger partial charge in [-0.1, -0.05) is 22.9 Å². The van der Waals surface area contributed by atoms with Gasteiger partial charge in [0.05, 0.1) is 17.4 Å². The van der Waals surface area contributed by atoms with Gasteiger partial charge in [0, 0.05) is 35.0 Å². The SMILES string of the molecule is COCOc1c(OCCCBr)cc2sc(C(=O)CC(C)C(=O)O)cc2c1F. The van der Waals surface area contributed by atoms with Gasteiger partial charge in [0.25, 0.3) is 0 Å². The number of aliphatic carboxylic acids is 1. The number of ether oxygens (including phenoxy) is 3. The second-order valence-electron chi connectivity index (χ2n) is 5.85. The second-order valence-corrected chi connectivity index (χ2v) is 7.73. The number of carbonyl (C=O) groups is 2. The third-order valence-corrected chi connectivity index (χ3v) is 5.41. The highest BCUT2D eigenvalue weighted by molar-refractivity contribution is 9.09. The molecular formula is C18H20BrFO6S. The zero-order chi connectivity index (χ0) is 20.0. The fraction of sp³-hybridized carbons (Fsp3) is 0.444. The number of hydrogen-bond donors (Lipinski definition) is 1. The molecule has 6 nitrogen and oxygen atoms in total. The lowest BCUT2D eigenvalue weighted by molar-refractivity contribution is -0.141. The van der Waals surface area contributed by atoms with Gasteiger partial charge in [0.2, 0.25) is 5.75 Å². The van der Waals surface area contributed by atoms with Gasteiger partial charge in [-0.05, 0) is 12.5 Å². The maximum atomic E-state index is 15.0. The van der Waals surface area contributed by atoms with Crippen LogP contribution >= 0.6 is 27.3 Å². The molecular weight excluding hydrogens is 443 g/mol. The number of rotatable bonds is 11. The van der Waals surface area contributed by atoms with Crippen LogP contribution < -0.4 is 9.47 Å². The standard InChI is InChI=1S/C18H20BrFO6S/c1-10(18(22)23)6-12(21)15-7-11-14(27-15)8-13(25-5-3-4-19)17(16(11)20)26-9-24-2/h7-8,10H,3-6,9H2,1-2H3,(H,22,23). The molecule has 0 fully saturated rings. The number of Topliss-reactive ketones (excluding diaryl/α,β-unsaturated/α-hetero) is 1. The molecule has 148 valence electrons. The third kappa shape index (κ3) is 5.40. The smallest absolute Gasteiger partial charge is 0.306 e. The number of alkyl halides is 1. The van der Waals surface area contributed by atoms with Crippen LogP contribution in [0.25, 0.3) is 10.1 Å². The molecule has 0 saturated heterocycles. The number of carboxylic acids is 1. The van der Waals surface area contributed by atoms with Crippen LogP contribution in [0.1, 0.15) is 29.4 Å². The molecule has 1 atom stereocenters. The van der Waals surface area contributed by atoms with Gasteiger partial charge < -0.3 is 19.3 Å². The molecule has 1 unspecified atom stereocenters. The van der Waals surface area contributed by atoms with E-state index in [2.05, 4.69) is 15.9 Å². The van der Waals surface area contributed by atoms with E-state index in [0.29, 0.717) is 16.2 Å². The summed E-state index contributed by atoms with van der Waals surface area (Å²) in [7, 11) is 1.42. The monoisotopic (exact) mass is 462 g/mol. The summed E-state index contributed by atoms with van der Waals surface area (Å²) in [6, 6.07) is 3.05.